The normalized spacial score (nSPS) is 23.1. The average Bonchev–Trinajstić information content (AvgIpc) is 3.03. The minimum Gasteiger partial charge on any atom is -0.324 e. The number of hydrogen-bond donors (Lipinski definition) is 2. The number of rotatable bonds is 4. The van der Waals surface area contributed by atoms with Crippen molar-refractivity contribution < 1.29 is 4.79 Å². The highest BCUT2D eigenvalue weighted by Gasteiger charge is 2.22. The van der Waals surface area contributed by atoms with Crippen molar-refractivity contribution in [3.05, 3.63) is 24.3 Å². The Bertz CT molecular complexity index is 483. The molecule has 2 N–H and O–H groups in total. The molecule has 1 aliphatic carbocycles. The topological polar surface area (TPSA) is 41.1 Å². The molecule has 1 atom stereocenters. The highest BCUT2D eigenvalue weighted by atomic mass is 32.2. The van der Waals surface area contributed by atoms with Gasteiger partial charge in [-0.05, 0) is 25.0 Å². The summed E-state index contributed by atoms with van der Waals surface area (Å²) in [5.41, 5.74) is 0.969. The van der Waals surface area contributed by atoms with Gasteiger partial charge < -0.3 is 10.6 Å². The Morgan fingerprint density at radius 3 is 2.86 bits per heavy atom. The summed E-state index contributed by atoms with van der Waals surface area (Å²) in [6, 6.07) is 8.14. The lowest BCUT2D eigenvalue weighted by atomic mass is 10.2. The lowest BCUT2D eigenvalue weighted by molar-refractivity contribution is -0.117. The van der Waals surface area contributed by atoms with Gasteiger partial charge in [-0.2, -0.15) is 11.8 Å². The maximum atomic E-state index is 12.4. The van der Waals surface area contributed by atoms with Gasteiger partial charge in [-0.1, -0.05) is 25.0 Å². The summed E-state index contributed by atoms with van der Waals surface area (Å²) in [4.78, 5) is 13.6. The first-order valence-corrected chi connectivity index (χ1v) is 9.74. The number of amides is 1. The van der Waals surface area contributed by atoms with Crippen LogP contribution in [0.1, 0.15) is 25.7 Å². The molecule has 1 amide bonds. The van der Waals surface area contributed by atoms with E-state index in [0.29, 0.717) is 5.25 Å². The van der Waals surface area contributed by atoms with Gasteiger partial charge in [0, 0.05) is 28.2 Å². The first-order valence-electron chi connectivity index (χ1n) is 7.70. The van der Waals surface area contributed by atoms with Crippen LogP contribution in [0.2, 0.25) is 0 Å². The van der Waals surface area contributed by atoms with Gasteiger partial charge in [0.25, 0.3) is 0 Å². The van der Waals surface area contributed by atoms with Gasteiger partial charge in [-0.3, -0.25) is 4.79 Å². The van der Waals surface area contributed by atoms with E-state index in [1.807, 2.05) is 35.7 Å². The van der Waals surface area contributed by atoms with Crippen molar-refractivity contribution in [3.8, 4) is 0 Å². The highest BCUT2D eigenvalue weighted by Crippen LogP contribution is 2.38. The van der Waals surface area contributed by atoms with Crippen LogP contribution in [0.5, 0.6) is 0 Å². The Morgan fingerprint density at radius 1 is 1.29 bits per heavy atom. The SMILES string of the molecule is O=C(Nc1ccccc1SC1CCCC1)C1CSCCN1. The second-order valence-corrected chi connectivity index (χ2v) is 8.08. The standard InChI is InChI=1S/C16H22N2OS2/c19-16(14-11-20-10-9-17-14)18-13-7-3-4-8-15(13)21-12-5-1-2-6-12/h3-4,7-8,12,14,17H,1-2,5-6,9-11H2,(H,18,19). The van der Waals surface area contributed by atoms with E-state index in [4.69, 9.17) is 0 Å². The average molecular weight is 322 g/mol. The van der Waals surface area contributed by atoms with Gasteiger partial charge in [0.1, 0.15) is 0 Å². The van der Waals surface area contributed by atoms with E-state index in [1.165, 1.54) is 30.6 Å². The van der Waals surface area contributed by atoms with Gasteiger partial charge in [-0.25, -0.2) is 0 Å². The van der Waals surface area contributed by atoms with Crippen LogP contribution in [-0.4, -0.2) is 35.2 Å². The second-order valence-electron chi connectivity index (χ2n) is 5.59. The fourth-order valence-corrected chi connectivity index (χ4v) is 5.08. The zero-order chi connectivity index (χ0) is 14.5. The van der Waals surface area contributed by atoms with Crippen molar-refractivity contribution in [3.63, 3.8) is 0 Å². The summed E-state index contributed by atoms with van der Waals surface area (Å²) in [5, 5.41) is 7.12. The van der Waals surface area contributed by atoms with E-state index in [9.17, 15) is 4.79 Å². The van der Waals surface area contributed by atoms with Crippen LogP contribution in [0, 0.1) is 0 Å². The molecule has 1 saturated carbocycles. The smallest absolute Gasteiger partial charge is 0.242 e. The summed E-state index contributed by atoms with van der Waals surface area (Å²) in [6.45, 7) is 0.918. The molecule has 0 aromatic heterocycles. The molecular weight excluding hydrogens is 300 g/mol. The molecule has 21 heavy (non-hydrogen) atoms. The molecule has 1 saturated heterocycles. The Morgan fingerprint density at radius 2 is 2.10 bits per heavy atom. The lowest BCUT2D eigenvalue weighted by Gasteiger charge is -2.23. The third kappa shape index (κ3) is 4.18. The number of anilines is 1. The molecule has 1 aliphatic heterocycles. The van der Waals surface area contributed by atoms with E-state index >= 15 is 0 Å². The highest BCUT2D eigenvalue weighted by molar-refractivity contribution is 8.00. The van der Waals surface area contributed by atoms with Gasteiger partial charge in [0.05, 0.1) is 11.7 Å². The molecule has 0 radical (unpaired) electrons. The van der Waals surface area contributed by atoms with Crippen LogP contribution >= 0.6 is 23.5 Å². The van der Waals surface area contributed by atoms with Crippen molar-refractivity contribution in [1.29, 1.82) is 0 Å². The number of para-hydroxylation sites is 1. The largest absolute Gasteiger partial charge is 0.324 e. The first kappa shape index (κ1) is 15.3. The fraction of sp³-hybridized carbons (Fsp3) is 0.562. The molecule has 1 aromatic carbocycles. The fourth-order valence-electron chi connectivity index (χ4n) is 2.81. The van der Waals surface area contributed by atoms with Crippen LogP contribution in [0.3, 0.4) is 0 Å². The predicted molar refractivity (Wildman–Crippen MR) is 92.3 cm³/mol. The van der Waals surface area contributed by atoms with Crippen LogP contribution < -0.4 is 10.6 Å². The van der Waals surface area contributed by atoms with Gasteiger partial charge in [0.2, 0.25) is 5.91 Å². The van der Waals surface area contributed by atoms with Crippen LogP contribution in [0.15, 0.2) is 29.2 Å². The van der Waals surface area contributed by atoms with Crippen molar-refractivity contribution in [1.82, 2.24) is 5.32 Å². The van der Waals surface area contributed by atoms with Crippen molar-refractivity contribution in [2.75, 3.05) is 23.4 Å². The molecule has 3 rings (SSSR count). The van der Waals surface area contributed by atoms with Crippen molar-refractivity contribution >= 4 is 35.1 Å². The molecule has 2 aliphatic rings. The maximum absolute atomic E-state index is 12.4. The van der Waals surface area contributed by atoms with Gasteiger partial charge in [-0.15, -0.1) is 11.8 Å². The molecule has 1 unspecified atom stereocenters. The van der Waals surface area contributed by atoms with Gasteiger partial charge >= 0.3 is 0 Å². The molecule has 5 heteroatoms. The number of hydrogen-bond acceptors (Lipinski definition) is 4. The van der Waals surface area contributed by atoms with E-state index in [1.54, 1.807) is 0 Å². The molecule has 0 spiro atoms. The molecule has 0 bridgehead atoms. The summed E-state index contributed by atoms with van der Waals surface area (Å²) >= 11 is 3.77. The van der Waals surface area contributed by atoms with Crippen LogP contribution in [0.25, 0.3) is 0 Å². The minimum atomic E-state index is -0.0618. The summed E-state index contributed by atoms with van der Waals surface area (Å²) < 4.78 is 0. The van der Waals surface area contributed by atoms with E-state index in [0.717, 1.165) is 23.7 Å². The minimum absolute atomic E-state index is 0.0618. The third-order valence-corrected chi connectivity index (χ3v) is 6.46. The molecule has 2 fully saturated rings. The molecule has 3 nitrogen and oxygen atoms in total. The Kier molecular flexibility index (Phi) is 5.49. The van der Waals surface area contributed by atoms with Crippen LogP contribution in [-0.2, 0) is 4.79 Å². The molecular formula is C16H22N2OS2. The van der Waals surface area contributed by atoms with Crippen molar-refractivity contribution in [2.45, 2.75) is 41.9 Å². The Labute approximate surface area is 135 Å². The molecule has 114 valence electrons. The Hall–Kier alpha value is -0.650. The number of benzene rings is 1. The zero-order valence-corrected chi connectivity index (χ0v) is 13.8. The first-order chi connectivity index (χ1) is 10.3. The van der Waals surface area contributed by atoms with Crippen LogP contribution in [0.4, 0.5) is 5.69 Å². The number of carbonyl (C=O) groups excluding carboxylic acids is 1. The number of carbonyl (C=O) groups is 1. The van der Waals surface area contributed by atoms with E-state index in [2.05, 4.69) is 22.8 Å². The quantitative estimate of drug-likeness (QED) is 0.892. The summed E-state index contributed by atoms with van der Waals surface area (Å²) in [7, 11) is 0. The monoisotopic (exact) mass is 322 g/mol. The van der Waals surface area contributed by atoms with Gasteiger partial charge in [0.15, 0.2) is 0 Å². The zero-order valence-electron chi connectivity index (χ0n) is 12.1. The number of nitrogens with one attached hydrogen (secondary N) is 2. The maximum Gasteiger partial charge on any atom is 0.242 e. The Balaban J connectivity index is 1.65. The summed E-state index contributed by atoms with van der Waals surface area (Å²) in [6.07, 6.45) is 5.28. The second kappa shape index (κ2) is 7.56. The summed E-state index contributed by atoms with van der Waals surface area (Å²) in [5.74, 6) is 2.06. The number of thioether (sulfide) groups is 2. The van der Waals surface area contributed by atoms with Crippen molar-refractivity contribution in [2.24, 2.45) is 0 Å². The molecule has 1 heterocycles. The molecule has 1 aromatic rings. The third-order valence-electron chi connectivity index (χ3n) is 3.98. The lowest BCUT2D eigenvalue weighted by Crippen LogP contribution is -2.46. The van der Waals surface area contributed by atoms with E-state index in [-0.39, 0.29) is 11.9 Å². The predicted octanol–water partition coefficient (Wildman–Crippen LogP) is 3.36. The van der Waals surface area contributed by atoms with E-state index < -0.39 is 0 Å².